The van der Waals surface area contributed by atoms with Crippen molar-refractivity contribution in [2.45, 2.75) is 6.92 Å². The van der Waals surface area contributed by atoms with Crippen LogP contribution in [0, 0.1) is 0 Å². The van der Waals surface area contributed by atoms with Crippen molar-refractivity contribution < 1.29 is 4.79 Å². The molecule has 0 radical (unpaired) electrons. The normalized spacial score (nSPS) is 10.3. The molecule has 100 valence electrons. The van der Waals surface area contributed by atoms with Gasteiger partial charge in [-0.3, -0.25) is 9.48 Å². The highest BCUT2D eigenvalue weighted by Gasteiger charge is 2.14. The Hall–Kier alpha value is -1.89. The fourth-order valence-corrected chi connectivity index (χ4v) is 1.93. The smallest absolute Gasteiger partial charge is 0.260 e. The van der Waals surface area contributed by atoms with Gasteiger partial charge in [0.15, 0.2) is 0 Å². The van der Waals surface area contributed by atoms with Crippen LogP contribution in [0.1, 0.15) is 17.3 Å². The van der Waals surface area contributed by atoms with Crippen LogP contribution in [0.5, 0.6) is 0 Å². The van der Waals surface area contributed by atoms with Crippen molar-refractivity contribution in [3.8, 4) is 0 Å². The highest BCUT2D eigenvalue weighted by molar-refractivity contribution is 9.10. The van der Waals surface area contributed by atoms with Gasteiger partial charge in [0.2, 0.25) is 0 Å². The molecule has 19 heavy (non-hydrogen) atoms. The van der Waals surface area contributed by atoms with Gasteiger partial charge in [0.05, 0.1) is 11.8 Å². The second kappa shape index (κ2) is 5.83. The first-order valence-electron chi connectivity index (χ1n) is 5.80. The monoisotopic (exact) mass is 323 g/mol. The summed E-state index contributed by atoms with van der Waals surface area (Å²) in [7, 11) is 1.76. The van der Waals surface area contributed by atoms with Crippen LogP contribution < -0.4 is 10.6 Å². The number of pyridine rings is 1. The Morgan fingerprint density at radius 1 is 1.53 bits per heavy atom. The molecular formula is C12H14BrN5O. The number of amides is 1. The zero-order chi connectivity index (χ0) is 13.8. The van der Waals surface area contributed by atoms with E-state index in [4.69, 9.17) is 0 Å². The van der Waals surface area contributed by atoms with E-state index in [-0.39, 0.29) is 5.91 Å². The van der Waals surface area contributed by atoms with Gasteiger partial charge in [-0.05, 0) is 28.9 Å². The zero-order valence-corrected chi connectivity index (χ0v) is 12.2. The Morgan fingerprint density at radius 3 is 2.95 bits per heavy atom. The first-order chi connectivity index (χ1) is 9.11. The Kier molecular flexibility index (Phi) is 4.16. The summed E-state index contributed by atoms with van der Waals surface area (Å²) < 4.78 is 2.35. The standard InChI is InChI=1S/C12H14BrN5O/c1-3-14-11-9(6-8(13)7-15-11)12(19)17-10-4-5-16-18(10)2/h4-7H,3H2,1-2H3,(H,14,15)(H,17,19). The lowest BCUT2D eigenvalue weighted by atomic mass is 10.2. The summed E-state index contributed by atoms with van der Waals surface area (Å²) in [5.74, 6) is 0.964. The summed E-state index contributed by atoms with van der Waals surface area (Å²) in [5, 5.41) is 9.86. The first kappa shape index (κ1) is 13.5. The number of nitrogens with one attached hydrogen (secondary N) is 2. The number of rotatable bonds is 4. The van der Waals surface area contributed by atoms with Gasteiger partial charge >= 0.3 is 0 Å². The predicted molar refractivity (Wildman–Crippen MR) is 77.3 cm³/mol. The van der Waals surface area contributed by atoms with Crippen LogP contribution in [0.25, 0.3) is 0 Å². The fraction of sp³-hybridized carbons (Fsp3) is 0.250. The third kappa shape index (κ3) is 3.11. The van der Waals surface area contributed by atoms with Crippen LogP contribution in [-0.4, -0.2) is 27.2 Å². The summed E-state index contributed by atoms with van der Waals surface area (Å²) in [6.07, 6.45) is 3.28. The Bertz CT molecular complexity index is 596. The first-order valence-corrected chi connectivity index (χ1v) is 6.60. The molecular weight excluding hydrogens is 310 g/mol. The Balaban J connectivity index is 2.27. The number of nitrogens with zero attached hydrogens (tertiary/aromatic N) is 3. The molecule has 0 saturated heterocycles. The van der Waals surface area contributed by atoms with Crippen LogP contribution in [0.4, 0.5) is 11.6 Å². The molecule has 2 heterocycles. The quantitative estimate of drug-likeness (QED) is 0.905. The maximum atomic E-state index is 12.3. The lowest BCUT2D eigenvalue weighted by Crippen LogP contribution is -2.17. The van der Waals surface area contributed by atoms with Crippen molar-refractivity contribution >= 4 is 33.5 Å². The van der Waals surface area contributed by atoms with Gasteiger partial charge in [0.1, 0.15) is 11.6 Å². The van der Waals surface area contributed by atoms with Crippen molar-refractivity contribution in [3.63, 3.8) is 0 Å². The number of carbonyl (C=O) groups is 1. The molecule has 7 heteroatoms. The van der Waals surface area contributed by atoms with Gasteiger partial charge in [0, 0.05) is 30.3 Å². The van der Waals surface area contributed by atoms with Crippen LogP contribution in [-0.2, 0) is 7.05 Å². The van der Waals surface area contributed by atoms with Gasteiger partial charge in [-0.15, -0.1) is 0 Å². The van der Waals surface area contributed by atoms with Crippen molar-refractivity contribution in [2.75, 3.05) is 17.2 Å². The summed E-state index contributed by atoms with van der Waals surface area (Å²) in [4.78, 5) is 16.5. The minimum absolute atomic E-state index is 0.228. The van der Waals surface area contributed by atoms with Gasteiger partial charge in [-0.25, -0.2) is 4.98 Å². The van der Waals surface area contributed by atoms with E-state index >= 15 is 0 Å². The Morgan fingerprint density at radius 2 is 2.32 bits per heavy atom. The predicted octanol–water partition coefficient (Wildman–Crippen LogP) is 2.26. The van der Waals surface area contributed by atoms with Gasteiger partial charge in [0.25, 0.3) is 5.91 Å². The number of anilines is 2. The number of hydrogen-bond acceptors (Lipinski definition) is 4. The third-order valence-electron chi connectivity index (χ3n) is 2.51. The molecule has 0 unspecified atom stereocenters. The largest absolute Gasteiger partial charge is 0.370 e. The minimum atomic E-state index is -0.228. The van der Waals surface area contributed by atoms with E-state index in [0.29, 0.717) is 23.7 Å². The van der Waals surface area contributed by atoms with Crippen LogP contribution in [0.15, 0.2) is 29.0 Å². The average Bonchev–Trinajstić information content (AvgIpc) is 2.77. The highest BCUT2D eigenvalue weighted by Crippen LogP contribution is 2.19. The van der Waals surface area contributed by atoms with Crippen LogP contribution in [0.3, 0.4) is 0 Å². The van der Waals surface area contributed by atoms with Crippen LogP contribution >= 0.6 is 15.9 Å². The molecule has 2 aromatic heterocycles. The molecule has 0 saturated carbocycles. The average molecular weight is 324 g/mol. The van der Waals surface area contributed by atoms with E-state index in [2.05, 4.69) is 36.6 Å². The van der Waals surface area contributed by atoms with E-state index in [1.807, 2.05) is 6.92 Å². The summed E-state index contributed by atoms with van der Waals surface area (Å²) in [6.45, 7) is 2.65. The number of halogens is 1. The van der Waals surface area contributed by atoms with E-state index in [1.54, 1.807) is 36.3 Å². The summed E-state index contributed by atoms with van der Waals surface area (Å²) >= 11 is 3.32. The van der Waals surface area contributed by atoms with E-state index in [0.717, 1.165) is 4.47 Å². The molecule has 2 N–H and O–H groups in total. The molecule has 2 rings (SSSR count). The molecule has 0 spiro atoms. The number of aryl methyl sites for hydroxylation is 1. The molecule has 0 atom stereocenters. The SMILES string of the molecule is CCNc1ncc(Br)cc1C(=O)Nc1ccnn1C. The highest BCUT2D eigenvalue weighted by atomic mass is 79.9. The number of hydrogen-bond donors (Lipinski definition) is 2. The summed E-state index contributed by atoms with van der Waals surface area (Å²) in [6, 6.07) is 3.47. The zero-order valence-electron chi connectivity index (χ0n) is 10.6. The van der Waals surface area contributed by atoms with Crippen molar-refractivity contribution in [2.24, 2.45) is 7.05 Å². The maximum Gasteiger partial charge on any atom is 0.260 e. The maximum absolute atomic E-state index is 12.3. The third-order valence-corrected chi connectivity index (χ3v) is 2.94. The number of aromatic nitrogens is 3. The van der Waals surface area contributed by atoms with Gasteiger partial charge in [-0.2, -0.15) is 5.10 Å². The number of carbonyl (C=O) groups excluding carboxylic acids is 1. The van der Waals surface area contributed by atoms with Crippen molar-refractivity contribution in [1.29, 1.82) is 0 Å². The molecule has 1 amide bonds. The molecule has 0 fully saturated rings. The molecule has 0 aromatic carbocycles. The molecule has 0 aliphatic rings. The van der Waals surface area contributed by atoms with Crippen molar-refractivity contribution in [1.82, 2.24) is 14.8 Å². The molecule has 0 aliphatic carbocycles. The van der Waals surface area contributed by atoms with E-state index < -0.39 is 0 Å². The summed E-state index contributed by atoms with van der Waals surface area (Å²) in [5.41, 5.74) is 0.484. The lowest BCUT2D eigenvalue weighted by Gasteiger charge is -2.10. The minimum Gasteiger partial charge on any atom is -0.370 e. The van der Waals surface area contributed by atoms with Crippen LogP contribution in [0.2, 0.25) is 0 Å². The van der Waals surface area contributed by atoms with Gasteiger partial charge in [-0.1, -0.05) is 0 Å². The fourth-order valence-electron chi connectivity index (χ4n) is 1.60. The second-order valence-electron chi connectivity index (χ2n) is 3.87. The molecule has 0 bridgehead atoms. The topological polar surface area (TPSA) is 71.8 Å². The molecule has 0 aliphatic heterocycles. The second-order valence-corrected chi connectivity index (χ2v) is 4.79. The van der Waals surface area contributed by atoms with E-state index in [1.165, 1.54) is 0 Å². The van der Waals surface area contributed by atoms with Gasteiger partial charge < -0.3 is 10.6 Å². The Labute approximate surface area is 119 Å². The van der Waals surface area contributed by atoms with E-state index in [9.17, 15) is 4.79 Å². The van der Waals surface area contributed by atoms with Crippen molar-refractivity contribution in [3.05, 3.63) is 34.6 Å². The lowest BCUT2D eigenvalue weighted by molar-refractivity contribution is 0.102. The molecule has 6 nitrogen and oxygen atoms in total. The molecule has 2 aromatic rings.